The number of anilines is 1. The van der Waals surface area contributed by atoms with Crippen LogP contribution in [0.3, 0.4) is 0 Å². The molecule has 0 aliphatic heterocycles. The molecule has 0 spiro atoms. The molecule has 0 atom stereocenters. The first-order valence-electron chi connectivity index (χ1n) is 10.7. The SMILES string of the molecule is O=C(NCc1cccnc1)Nc1ccc(OCCc2cc(F)ccc2-c2ccccc2)cc1. The minimum Gasteiger partial charge on any atom is -0.493 e. The minimum absolute atomic E-state index is 0.262. The Hall–Kier alpha value is -4.19. The van der Waals surface area contributed by atoms with Gasteiger partial charge in [-0.2, -0.15) is 0 Å². The van der Waals surface area contributed by atoms with E-state index < -0.39 is 0 Å². The summed E-state index contributed by atoms with van der Waals surface area (Å²) in [7, 11) is 0. The summed E-state index contributed by atoms with van der Waals surface area (Å²) < 4.78 is 19.7. The maximum atomic E-state index is 13.8. The zero-order valence-electron chi connectivity index (χ0n) is 18.0. The second kappa shape index (κ2) is 10.9. The van der Waals surface area contributed by atoms with Crippen LogP contribution in [0.15, 0.2) is 97.3 Å². The van der Waals surface area contributed by atoms with Crippen LogP contribution in [0.25, 0.3) is 11.1 Å². The van der Waals surface area contributed by atoms with Gasteiger partial charge in [-0.3, -0.25) is 4.98 Å². The number of nitrogens with one attached hydrogen (secondary N) is 2. The van der Waals surface area contributed by atoms with Gasteiger partial charge < -0.3 is 15.4 Å². The molecule has 0 fully saturated rings. The number of hydrogen-bond acceptors (Lipinski definition) is 3. The maximum absolute atomic E-state index is 13.8. The number of pyridine rings is 1. The van der Waals surface area contributed by atoms with Crippen LogP contribution in [0, 0.1) is 5.82 Å². The fourth-order valence-corrected chi connectivity index (χ4v) is 3.44. The summed E-state index contributed by atoms with van der Waals surface area (Å²) in [5.74, 6) is 0.413. The van der Waals surface area contributed by atoms with Gasteiger partial charge in [0.2, 0.25) is 0 Å². The maximum Gasteiger partial charge on any atom is 0.319 e. The van der Waals surface area contributed by atoms with Gasteiger partial charge in [0.05, 0.1) is 6.61 Å². The van der Waals surface area contributed by atoms with Crippen LogP contribution in [0.5, 0.6) is 5.75 Å². The minimum atomic E-state index is -0.299. The van der Waals surface area contributed by atoms with Crippen LogP contribution in [0.2, 0.25) is 0 Å². The summed E-state index contributed by atoms with van der Waals surface area (Å²) >= 11 is 0. The summed E-state index contributed by atoms with van der Waals surface area (Å²) in [6, 6.07) is 25.3. The summed E-state index contributed by atoms with van der Waals surface area (Å²) in [6.07, 6.45) is 3.96. The molecule has 6 heteroatoms. The Kier molecular flexibility index (Phi) is 7.28. The molecule has 0 radical (unpaired) electrons. The molecule has 33 heavy (non-hydrogen) atoms. The van der Waals surface area contributed by atoms with Crippen molar-refractivity contribution in [2.75, 3.05) is 11.9 Å². The number of carbonyl (C=O) groups excluding carboxylic acids is 1. The molecule has 0 saturated carbocycles. The quantitative estimate of drug-likeness (QED) is 0.362. The van der Waals surface area contributed by atoms with Crippen LogP contribution < -0.4 is 15.4 Å². The molecule has 2 N–H and O–H groups in total. The standard InChI is InChI=1S/C27H24FN3O2/c28-23-8-13-26(21-6-2-1-3-7-21)22(17-23)14-16-33-25-11-9-24(10-12-25)31-27(32)30-19-20-5-4-15-29-18-20/h1-13,15,17-18H,14,16,19H2,(H2,30,31,32). The Labute approximate surface area is 192 Å². The molecule has 5 nitrogen and oxygen atoms in total. The molecule has 4 rings (SSSR count). The summed E-state index contributed by atoms with van der Waals surface area (Å²) in [6.45, 7) is 0.799. The van der Waals surface area contributed by atoms with Crippen molar-refractivity contribution in [3.05, 3.63) is 114 Å². The lowest BCUT2D eigenvalue weighted by molar-refractivity contribution is 0.251. The molecule has 2 amide bonds. The Morgan fingerprint density at radius 1 is 0.939 bits per heavy atom. The lowest BCUT2D eigenvalue weighted by Crippen LogP contribution is -2.28. The average molecular weight is 442 g/mol. The van der Waals surface area contributed by atoms with Crippen molar-refractivity contribution in [1.82, 2.24) is 10.3 Å². The number of rotatable bonds is 8. The molecule has 1 aromatic heterocycles. The number of halogens is 1. The third kappa shape index (κ3) is 6.40. The first-order chi connectivity index (χ1) is 16.2. The van der Waals surface area contributed by atoms with Gasteiger partial charge in [-0.25, -0.2) is 9.18 Å². The monoisotopic (exact) mass is 441 g/mol. The second-order valence-electron chi connectivity index (χ2n) is 7.46. The molecule has 3 aromatic carbocycles. The number of benzene rings is 3. The first-order valence-corrected chi connectivity index (χ1v) is 10.7. The van der Waals surface area contributed by atoms with E-state index in [1.165, 1.54) is 6.07 Å². The summed E-state index contributed by atoms with van der Waals surface area (Å²) in [5, 5.41) is 5.57. The van der Waals surface area contributed by atoms with E-state index in [0.29, 0.717) is 31.0 Å². The molecular formula is C27H24FN3O2. The highest BCUT2D eigenvalue weighted by molar-refractivity contribution is 5.89. The van der Waals surface area contributed by atoms with Crippen LogP contribution >= 0.6 is 0 Å². The normalized spacial score (nSPS) is 10.5. The van der Waals surface area contributed by atoms with Crippen molar-refractivity contribution < 1.29 is 13.9 Å². The van der Waals surface area contributed by atoms with Gasteiger partial charge in [0, 0.05) is 31.0 Å². The van der Waals surface area contributed by atoms with E-state index in [1.54, 1.807) is 48.8 Å². The molecule has 0 saturated heterocycles. The highest BCUT2D eigenvalue weighted by atomic mass is 19.1. The van der Waals surface area contributed by atoms with Crippen LogP contribution in [0.1, 0.15) is 11.1 Å². The number of urea groups is 1. The molecule has 166 valence electrons. The lowest BCUT2D eigenvalue weighted by atomic mass is 9.98. The molecular weight excluding hydrogens is 417 g/mol. The Balaban J connectivity index is 1.29. The van der Waals surface area contributed by atoms with Crippen LogP contribution in [-0.2, 0) is 13.0 Å². The van der Waals surface area contributed by atoms with Gasteiger partial charge >= 0.3 is 6.03 Å². The predicted molar refractivity (Wildman–Crippen MR) is 128 cm³/mol. The van der Waals surface area contributed by atoms with Crippen LogP contribution in [0.4, 0.5) is 14.9 Å². The number of hydrogen-bond donors (Lipinski definition) is 2. The third-order valence-electron chi connectivity index (χ3n) is 5.08. The van der Waals surface area contributed by atoms with Gasteiger partial charge in [-0.1, -0.05) is 42.5 Å². The highest BCUT2D eigenvalue weighted by Gasteiger charge is 2.08. The molecule has 0 unspecified atom stereocenters. The van der Waals surface area contributed by atoms with Gasteiger partial charge in [0.25, 0.3) is 0 Å². The smallest absolute Gasteiger partial charge is 0.319 e. The van der Waals surface area contributed by atoms with E-state index in [1.807, 2.05) is 42.5 Å². The van der Waals surface area contributed by atoms with Gasteiger partial charge in [-0.15, -0.1) is 0 Å². The molecule has 0 bridgehead atoms. The Morgan fingerprint density at radius 2 is 1.76 bits per heavy atom. The van der Waals surface area contributed by atoms with E-state index in [2.05, 4.69) is 15.6 Å². The number of amides is 2. The Morgan fingerprint density at radius 3 is 2.52 bits per heavy atom. The second-order valence-corrected chi connectivity index (χ2v) is 7.46. The van der Waals surface area contributed by atoms with Crippen molar-refractivity contribution in [3.63, 3.8) is 0 Å². The Bertz CT molecular complexity index is 1180. The zero-order chi connectivity index (χ0) is 22.9. The molecule has 0 aliphatic carbocycles. The first kappa shape index (κ1) is 22.0. The largest absolute Gasteiger partial charge is 0.493 e. The van der Waals surface area contributed by atoms with Crippen LogP contribution in [-0.4, -0.2) is 17.6 Å². The van der Waals surface area contributed by atoms with Crippen molar-refractivity contribution in [2.45, 2.75) is 13.0 Å². The average Bonchev–Trinajstić information content (AvgIpc) is 2.85. The molecule has 0 aliphatic rings. The third-order valence-corrected chi connectivity index (χ3v) is 5.08. The number of nitrogens with zero attached hydrogens (tertiary/aromatic N) is 1. The number of ether oxygens (including phenoxy) is 1. The van der Waals surface area contributed by atoms with E-state index in [0.717, 1.165) is 22.3 Å². The van der Waals surface area contributed by atoms with E-state index >= 15 is 0 Å². The predicted octanol–water partition coefficient (Wildman–Crippen LogP) is 5.83. The zero-order valence-corrected chi connectivity index (χ0v) is 18.0. The van der Waals surface area contributed by atoms with Crippen molar-refractivity contribution in [3.8, 4) is 16.9 Å². The number of carbonyl (C=O) groups is 1. The van der Waals surface area contributed by atoms with Crippen molar-refractivity contribution in [2.24, 2.45) is 0 Å². The van der Waals surface area contributed by atoms with E-state index in [9.17, 15) is 9.18 Å². The lowest BCUT2D eigenvalue weighted by Gasteiger charge is -2.12. The summed E-state index contributed by atoms with van der Waals surface area (Å²) in [4.78, 5) is 16.1. The van der Waals surface area contributed by atoms with E-state index in [-0.39, 0.29) is 11.8 Å². The highest BCUT2D eigenvalue weighted by Crippen LogP contribution is 2.25. The fraction of sp³-hybridized carbons (Fsp3) is 0.111. The van der Waals surface area contributed by atoms with Gasteiger partial charge in [0.15, 0.2) is 0 Å². The fourth-order valence-electron chi connectivity index (χ4n) is 3.44. The number of aromatic nitrogens is 1. The van der Waals surface area contributed by atoms with Crippen molar-refractivity contribution in [1.29, 1.82) is 0 Å². The molecule has 4 aromatic rings. The van der Waals surface area contributed by atoms with Crippen molar-refractivity contribution >= 4 is 11.7 Å². The van der Waals surface area contributed by atoms with E-state index in [4.69, 9.17) is 4.74 Å². The topological polar surface area (TPSA) is 63.2 Å². The van der Waals surface area contributed by atoms with Gasteiger partial charge in [0.1, 0.15) is 11.6 Å². The van der Waals surface area contributed by atoms with Gasteiger partial charge in [-0.05, 0) is 64.7 Å². The molecule has 1 heterocycles. The summed E-state index contributed by atoms with van der Waals surface area (Å²) in [5.41, 5.74) is 4.51.